The van der Waals surface area contributed by atoms with Gasteiger partial charge in [-0.25, -0.2) is 0 Å². The predicted octanol–water partition coefficient (Wildman–Crippen LogP) is 5.88. The van der Waals surface area contributed by atoms with Crippen LogP contribution < -0.4 is 8.92 Å². The number of halogens is 5. The average Bonchev–Trinajstić information content (AvgIpc) is 2.39. The van der Waals surface area contributed by atoms with E-state index >= 15 is 0 Å². The number of hydrogen-bond acceptors (Lipinski definition) is 3. The Hall–Kier alpha value is -2.29. The first kappa shape index (κ1) is 16.1. The standard InChI is InChI=1S/C13H9F5O3S/c14-22(15,16,17,18)21-13-4-2-1-3-12(13)20-11-7-5-10(9-19)6-8-11/h1-9H. The van der Waals surface area contributed by atoms with Crippen LogP contribution in [0.15, 0.2) is 48.5 Å². The number of rotatable bonds is 5. The second-order valence-electron chi connectivity index (χ2n) is 4.22. The molecular formula is C13H9F5O3S. The molecule has 0 saturated carbocycles. The number of carbonyl (C=O) groups excluding carboxylic acids is 1. The van der Waals surface area contributed by atoms with Crippen LogP contribution in [-0.4, -0.2) is 6.29 Å². The molecule has 0 N–H and O–H groups in total. The molecule has 0 aliphatic heterocycles. The number of carbonyl (C=O) groups is 1. The zero-order valence-corrected chi connectivity index (χ0v) is 11.5. The van der Waals surface area contributed by atoms with E-state index in [9.17, 15) is 24.2 Å². The minimum Gasteiger partial charge on any atom is -0.453 e. The molecule has 0 aliphatic rings. The fourth-order valence-corrected chi connectivity index (χ4v) is 1.99. The van der Waals surface area contributed by atoms with Crippen molar-refractivity contribution in [3.63, 3.8) is 0 Å². The van der Waals surface area contributed by atoms with Gasteiger partial charge in [0, 0.05) is 5.56 Å². The number of hydrogen-bond donors (Lipinski definition) is 0. The van der Waals surface area contributed by atoms with Crippen LogP contribution in [0.25, 0.3) is 0 Å². The average molecular weight is 340 g/mol. The van der Waals surface area contributed by atoms with Crippen LogP contribution in [0.3, 0.4) is 0 Å². The minimum atomic E-state index is -10.1. The Morgan fingerprint density at radius 3 is 1.86 bits per heavy atom. The zero-order valence-electron chi connectivity index (χ0n) is 10.7. The molecule has 0 atom stereocenters. The Morgan fingerprint density at radius 1 is 0.818 bits per heavy atom. The number of aldehydes is 1. The molecule has 0 unspecified atom stereocenters. The van der Waals surface area contributed by atoms with Crippen LogP contribution in [0.5, 0.6) is 17.2 Å². The SMILES string of the molecule is O=Cc1ccc(Oc2ccccc2OS(F)(F)(F)(F)F)cc1. The largest absolute Gasteiger partial charge is 0.453 e. The number of para-hydroxylation sites is 2. The van der Waals surface area contributed by atoms with Gasteiger partial charge in [-0.3, -0.25) is 4.79 Å². The molecule has 9 heteroatoms. The topological polar surface area (TPSA) is 35.5 Å². The second kappa shape index (κ2) is 4.60. The Kier molecular flexibility index (Phi) is 3.36. The molecule has 2 aromatic carbocycles. The van der Waals surface area contributed by atoms with Gasteiger partial charge < -0.3 is 8.92 Å². The third-order valence-corrected chi connectivity index (χ3v) is 2.83. The highest BCUT2D eigenvalue weighted by molar-refractivity contribution is 8.42. The summed E-state index contributed by atoms with van der Waals surface area (Å²) in [5, 5.41) is 0. The summed E-state index contributed by atoms with van der Waals surface area (Å²) in [6, 6.07) is 9.49. The fourth-order valence-electron chi connectivity index (χ4n) is 1.51. The maximum atomic E-state index is 12.4. The summed E-state index contributed by atoms with van der Waals surface area (Å²) in [6.45, 7) is 0. The van der Waals surface area contributed by atoms with Crippen molar-refractivity contribution in [2.24, 2.45) is 0 Å². The van der Waals surface area contributed by atoms with Crippen molar-refractivity contribution in [2.45, 2.75) is 0 Å². The Bertz CT molecular complexity index is 698. The molecule has 0 bridgehead atoms. The molecule has 0 saturated heterocycles. The van der Waals surface area contributed by atoms with Crippen molar-refractivity contribution in [1.29, 1.82) is 0 Å². The van der Waals surface area contributed by atoms with Crippen molar-refractivity contribution in [3.05, 3.63) is 54.1 Å². The minimum absolute atomic E-state index is 0.0591. The quantitative estimate of drug-likeness (QED) is 0.503. The molecule has 0 spiro atoms. The van der Waals surface area contributed by atoms with Gasteiger partial charge >= 0.3 is 10.5 Å². The van der Waals surface area contributed by atoms with Crippen LogP contribution in [0, 0.1) is 0 Å². The van der Waals surface area contributed by atoms with Gasteiger partial charge in [0.1, 0.15) is 12.0 Å². The van der Waals surface area contributed by atoms with Gasteiger partial charge in [-0.1, -0.05) is 31.6 Å². The van der Waals surface area contributed by atoms with Gasteiger partial charge in [0.15, 0.2) is 11.5 Å². The molecular weight excluding hydrogens is 331 g/mol. The molecule has 0 radical (unpaired) electrons. The van der Waals surface area contributed by atoms with Crippen LogP contribution in [0.1, 0.15) is 10.4 Å². The van der Waals surface area contributed by atoms with Gasteiger partial charge in [0.2, 0.25) is 0 Å². The van der Waals surface area contributed by atoms with Crippen LogP contribution in [-0.2, 0) is 0 Å². The summed E-state index contributed by atoms with van der Waals surface area (Å²) in [5.74, 6) is -1.63. The monoisotopic (exact) mass is 340 g/mol. The van der Waals surface area contributed by atoms with E-state index in [0.29, 0.717) is 17.9 Å². The van der Waals surface area contributed by atoms with E-state index in [0.717, 1.165) is 12.1 Å². The van der Waals surface area contributed by atoms with E-state index in [1.54, 1.807) is 0 Å². The Labute approximate surface area is 122 Å². The lowest BCUT2D eigenvalue weighted by Gasteiger charge is -2.39. The van der Waals surface area contributed by atoms with Crippen molar-refractivity contribution in [3.8, 4) is 17.2 Å². The lowest BCUT2D eigenvalue weighted by molar-refractivity contribution is 0.112. The van der Waals surface area contributed by atoms with Crippen LogP contribution in [0.2, 0.25) is 0 Å². The lowest BCUT2D eigenvalue weighted by Crippen LogP contribution is -2.14. The van der Waals surface area contributed by atoms with Gasteiger partial charge in [-0.05, 0) is 36.4 Å². The van der Waals surface area contributed by atoms with E-state index in [1.807, 2.05) is 0 Å². The normalized spacial score (nSPS) is 14.6. The fraction of sp³-hybridized carbons (Fsp3) is 0. The van der Waals surface area contributed by atoms with Gasteiger partial charge in [-0.15, -0.1) is 0 Å². The van der Waals surface area contributed by atoms with Crippen LogP contribution >= 0.6 is 10.5 Å². The second-order valence-corrected chi connectivity index (χ2v) is 6.18. The molecule has 0 aliphatic carbocycles. The van der Waals surface area contributed by atoms with Crippen LogP contribution in [0.4, 0.5) is 19.4 Å². The van der Waals surface area contributed by atoms with Crippen molar-refractivity contribution in [2.75, 3.05) is 0 Å². The molecule has 0 aromatic heterocycles. The highest BCUT2D eigenvalue weighted by atomic mass is 32.5. The van der Waals surface area contributed by atoms with Crippen molar-refractivity contribution >= 4 is 16.8 Å². The van der Waals surface area contributed by atoms with E-state index in [-0.39, 0.29) is 5.75 Å². The summed E-state index contributed by atoms with van der Waals surface area (Å²) in [4.78, 5) is 10.5. The first-order valence-electron chi connectivity index (χ1n) is 5.72. The highest BCUT2D eigenvalue weighted by Crippen LogP contribution is 2.97. The summed E-state index contributed by atoms with van der Waals surface area (Å²) in [7, 11) is -10.1. The first-order valence-corrected chi connectivity index (χ1v) is 7.60. The van der Waals surface area contributed by atoms with Gasteiger partial charge in [-0.2, -0.15) is 0 Å². The van der Waals surface area contributed by atoms with E-state index in [2.05, 4.69) is 4.18 Å². The number of ether oxygens (including phenoxy) is 1. The van der Waals surface area contributed by atoms with E-state index in [4.69, 9.17) is 4.74 Å². The molecule has 120 valence electrons. The molecule has 2 rings (SSSR count). The molecule has 2 aromatic rings. The van der Waals surface area contributed by atoms with Gasteiger partial charge in [0.05, 0.1) is 0 Å². The van der Waals surface area contributed by atoms with Gasteiger partial charge in [0.25, 0.3) is 0 Å². The maximum absolute atomic E-state index is 12.4. The summed E-state index contributed by atoms with van der Waals surface area (Å²) in [5.41, 5.74) is 0.323. The molecule has 22 heavy (non-hydrogen) atoms. The predicted molar refractivity (Wildman–Crippen MR) is 72.1 cm³/mol. The smallest absolute Gasteiger partial charge is 0.435 e. The molecule has 0 heterocycles. The van der Waals surface area contributed by atoms with Crippen molar-refractivity contribution < 1.29 is 33.1 Å². The van der Waals surface area contributed by atoms with E-state index in [1.165, 1.54) is 30.3 Å². The summed E-state index contributed by atoms with van der Waals surface area (Å²) >= 11 is 0. The molecule has 3 nitrogen and oxygen atoms in total. The third kappa shape index (κ3) is 4.92. The van der Waals surface area contributed by atoms with E-state index < -0.39 is 22.0 Å². The highest BCUT2D eigenvalue weighted by Gasteiger charge is 2.67. The lowest BCUT2D eigenvalue weighted by atomic mass is 10.2. The summed E-state index contributed by atoms with van der Waals surface area (Å²) < 4.78 is 70.1. The molecule has 0 amide bonds. The zero-order chi connectivity index (χ0) is 16.5. The molecule has 0 fully saturated rings. The third-order valence-electron chi connectivity index (χ3n) is 2.34. The summed E-state index contributed by atoms with van der Waals surface area (Å²) in [6.07, 6.45) is 0.564. The maximum Gasteiger partial charge on any atom is 0.435 e. The number of benzene rings is 2. The Balaban J connectivity index is 2.31. The van der Waals surface area contributed by atoms with Crippen molar-refractivity contribution in [1.82, 2.24) is 0 Å². The first-order chi connectivity index (χ1) is 9.95. The Morgan fingerprint density at radius 2 is 1.36 bits per heavy atom.